The quantitative estimate of drug-likeness (QED) is 0.866. The smallest absolute Gasteiger partial charge is 0.0928 e. The molecule has 0 bridgehead atoms. The highest BCUT2D eigenvalue weighted by molar-refractivity contribution is 6.31. The Bertz CT molecular complexity index is 353. The second-order valence-electron chi connectivity index (χ2n) is 4.33. The highest BCUT2D eigenvalue weighted by atomic mass is 35.5. The van der Waals surface area contributed by atoms with Gasteiger partial charge in [0, 0.05) is 36.4 Å². The summed E-state index contributed by atoms with van der Waals surface area (Å²) in [5, 5.41) is 14.0. The van der Waals surface area contributed by atoms with Gasteiger partial charge in [0.2, 0.25) is 0 Å². The molecule has 0 aromatic heterocycles. The van der Waals surface area contributed by atoms with Gasteiger partial charge >= 0.3 is 0 Å². The lowest BCUT2D eigenvalue weighted by Gasteiger charge is -2.24. The largest absolute Gasteiger partial charge is 0.387 e. The summed E-state index contributed by atoms with van der Waals surface area (Å²) < 4.78 is 5.29. The topological polar surface area (TPSA) is 41.5 Å². The summed E-state index contributed by atoms with van der Waals surface area (Å²) >= 11 is 6.03. The predicted molar refractivity (Wildman–Crippen MR) is 68.3 cm³/mol. The third kappa shape index (κ3) is 3.68. The zero-order valence-electron chi connectivity index (χ0n) is 9.73. The van der Waals surface area contributed by atoms with Gasteiger partial charge in [-0.1, -0.05) is 29.8 Å². The molecule has 94 valence electrons. The minimum Gasteiger partial charge on any atom is -0.387 e. The van der Waals surface area contributed by atoms with Gasteiger partial charge in [0.25, 0.3) is 0 Å². The summed E-state index contributed by atoms with van der Waals surface area (Å²) in [5.41, 5.74) is 0.786. The maximum absolute atomic E-state index is 10.1. The van der Waals surface area contributed by atoms with Crippen LogP contribution in [0.2, 0.25) is 5.02 Å². The fourth-order valence-corrected chi connectivity index (χ4v) is 2.30. The minimum atomic E-state index is -0.549. The maximum atomic E-state index is 10.1. The average molecular weight is 256 g/mol. The summed E-state index contributed by atoms with van der Waals surface area (Å²) in [6.07, 6.45) is 1.47. The molecule has 0 saturated carbocycles. The first-order valence-electron chi connectivity index (χ1n) is 6.01. The summed E-state index contributed by atoms with van der Waals surface area (Å²) in [5.74, 6) is 0. The van der Waals surface area contributed by atoms with E-state index in [-0.39, 0.29) is 0 Å². The molecule has 1 aromatic rings. The summed E-state index contributed by atoms with van der Waals surface area (Å²) in [6, 6.07) is 7.86. The molecule has 1 aliphatic rings. The van der Waals surface area contributed by atoms with Crippen molar-refractivity contribution in [1.82, 2.24) is 5.32 Å². The van der Waals surface area contributed by atoms with Gasteiger partial charge in [-0.2, -0.15) is 0 Å². The zero-order valence-corrected chi connectivity index (χ0v) is 10.5. The Labute approximate surface area is 107 Å². The van der Waals surface area contributed by atoms with Gasteiger partial charge in [-0.25, -0.2) is 0 Å². The molecule has 17 heavy (non-hydrogen) atoms. The van der Waals surface area contributed by atoms with Crippen LogP contribution in [0, 0.1) is 0 Å². The van der Waals surface area contributed by atoms with Crippen molar-refractivity contribution in [2.75, 3.05) is 19.8 Å². The van der Waals surface area contributed by atoms with E-state index in [9.17, 15) is 5.11 Å². The molecule has 1 fully saturated rings. The van der Waals surface area contributed by atoms with Gasteiger partial charge in [-0.3, -0.25) is 0 Å². The number of ether oxygens (including phenoxy) is 1. The number of benzene rings is 1. The Morgan fingerprint density at radius 2 is 2.06 bits per heavy atom. The predicted octanol–water partition coefficient (Wildman–Crippen LogP) is 2.14. The third-order valence-corrected chi connectivity index (χ3v) is 3.43. The van der Waals surface area contributed by atoms with Gasteiger partial charge in [0.05, 0.1) is 6.10 Å². The van der Waals surface area contributed by atoms with Crippen LogP contribution in [0.3, 0.4) is 0 Å². The van der Waals surface area contributed by atoms with Gasteiger partial charge < -0.3 is 15.2 Å². The van der Waals surface area contributed by atoms with E-state index < -0.39 is 6.10 Å². The Morgan fingerprint density at radius 1 is 1.35 bits per heavy atom. The molecule has 4 heteroatoms. The van der Waals surface area contributed by atoms with Crippen LogP contribution in [0.15, 0.2) is 24.3 Å². The Balaban J connectivity index is 1.84. The van der Waals surface area contributed by atoms with Gasteiger partial charge in [-0.15, -0.1) is 0 Å². The van der Waals surface area contributed by atoms with Crippen LogP contribution in [0.1, 0.15) is 24.5 Å². The molecule has 0 spiro atoms. The molecular weight excluding hydrogens is 238 g/mol. The van der Waals surface area contributed by atoms with Gasteiger partial charge in [0.1, 0.15) is 0 Å². The molecule has 3 nitrogen and oxygen atoms in total. The number of hydrogen-bond donors (Lipinski definition) is 2. The van der Waals surface area contributed by atoms with E-state index in [2.05, 4.69) is 5.32 Å². The van der Waals surface area contributed by atoms with Gasteiger partial charge in [-0.05, 0) is 18.9 Å². The molecule has 0 unspecified atom stereocenters. The first-order valence-corrected chi connectivity index (χ1v) is 6.39. The summed E-state index contributed by atoms with van der Waals surface area (Å²) in [6.45, 7) is 2.15. The fourth-order valence-electron chi connectivity index (χ4n) is 2.04. The molecule has 2 N–H and O–H groups in total. The van der Waals surface area contributed by atoms with E-state index in [1.165, 1.54) is 0 Å². The second kappa shape index (κ2) is 6.36. The lowest BCUT2D eigenvalue weighted by Crippen LogP contribution is -2.37. The second-order valence-corrected chi connectivity index (χ2v) is 4.74. The summed E-state index contributed by atoms with van der Waals surface area (Å²) in [7, 11) is 0. The van der Waals surface area contributed by atoms with E-state index in [1.54, 1.807) is 6.07 Å². The van der Waals surface area contributed by atoms with Crippen LogP contribution in [-0.2, 0) is 4.74 Å². The van der Waals surface area contributed by atoms with Crippen molar-refractivity contribution >= 4 is 11.6 Å². The van der Waals surface area contributed by atoms with Crippen molar-refractivity contribution in [3.8, 4) is 0 Å². The third-order valence-electron chi connectivity index (χ3n) is 3.09. The first kappa shape index (κ1) is 12.8. The van der Waals surface area contributed by atoms with E-state index in [4.69, 9.17) is 16.3 Å². The van der Waals surface area contributed by atoms with Crippen LogP contribution < -0.4 is 5.32 Å². The molecule has 0 radical (unpaired) electrons. The van der Waals surface area contributed by atoms with E-state index in [0.717, 1.165) is 31.6 Å². The van der Waals surface area contributed by atoms with Gasteiger partial charge in [0.15, 0.2) is 0 Å². The molecular formula is C13H18ClNO2. The van der Waals surface area contributed by atoms with Crippen molar-refractivity contribution in [3.63, 3.8) is 0 Å². The van der Waals surface area contributed by atoms with Crippen LogP contribution in [-0.4, -0.2) is 30.9 Å². The van der Waals surface area contributed by atoms with Crippen molar-refractivity contribution < 1.29 is 9.84 Å². The monoisotopic (exact) mass is 255 g/mol. The number of aliphatic hydroxyl groups excluding tert-OH is 1. The average Bonchev–Trinajstić information content (AvgIpc) is 2.38. The Morgan fingerprint density at radius 3 is 2.76 bits per heavy atom. The first-order chi connectivity index (χ1) is 8.27. The van der Waals surface area contributed by atoms with Crippen LogP contribution >= 0.6 is 11.6 Å². The van der Waals surface area contributed by atoms with Crippen LogP contribution in [0.4, 0.5) is 0 Å². The van der Waals surface area contributed by atoms with E-state index in [0.29, 0.717) is 17.6 Å². The minimum absolute atomic E-state index is 0.445. The highest BCUT2D eigenvalue weighted by Crippen LogP contribution is 2.22. The number of hydrogen-bond acceptors (Lipinski definition) is 3. The van der Waals surface area contributed by atoms with Crippen molar-refractivity contribution in [2.45, 2.75) is 25.0 Å². The standard InChI is InChI=1S/C13H18ClNO2/c14-12-4-2-1-3-11(12)13(16)9-15-10-5-7-17-8-6-10/h1-4,10,13,15-16H,5-9H2/t13-/m1/s1. The normalized spacial score (nSPS) is 19.2. The van der Waals surface area contributed by atoms with E-state index in [1.807, 2.05) is 18.2 Å². The fraction of sp³-hybridized carbons (Fsp3) is 0.538. The number of rotatable bonds is 4. The Kier molecular flexibility index (Phi) is 4.80. The number of nitrogens with one attached hydrogen (secondary N) is 1. The number of halogens is 1. The van der Waals surface area contributed by atoms with Crippen molar-refractivity contribution in [3.05, 3.63) is 34.9 Å². The molecule has 0 amide bonds. The highest BCUT2D eigenvalue weighted by Gasteiger charge is 2.16. The zero-order chi connectivity index (χ0) is 12.1. The molecule has 0 aliphatic carbocycles. The summed E-state index contributed by atoms with van der Waals surface area (Å²) in [4.78, 5) is 0. The SMILES string of the molecule is O[C@H](CNC1CCOCC1)c1ccccc1Cl. The maximum Gasteiger partial charge on any atom is 0.0928 e. The van der Waals surface area contributed by atoms with Crippen molar-refractivity contribution in [1.29, 1.82) is 0 Å². The van der Waals surface area contributed by atoms with E-state index >= 15 is 0 Å². The number of aliphatic hydroxyl groups is 1. The van der Waals surface area contributed by atoms with Crippen LogP contribution in [0.5, 0.6) is 0 Å². The van der Waals surface area contributed by atoms with Crippen LogP contribution in [0.25, 0.3) is 0 Å². The lowest BCUT2D eigenvalue weighted by molar-refractivity contribution is 0.0724. The van der Waals surface area contributed by atoms with Crippen molar-refractivity contribution in [2.24, 2.45) is 0 Å². The molecule has 2 rings (SSSR count). The molecule has 1 aliphatic heterocycles. The lowest BCUT2D eigenvalue weighted by atomic mass is 10.1. The molecule has 1 saturated heterocycles. The molecule has 1 atom stereocenters. The molecule has 1 heterocycles. The molecule has 1 aromatic carbocycles. The Hall–Kier alpha value is -0.610.